The van der Waals surface area contributed by atoms with E-state index < -0.39 is 6.10 Å². The first-order valence-corrected chi connectivity index (χ1v) is 7.60. The molecule has 114 valence electrons. The summed E-state index contributed by atoms with van der Waals surface area (Å²) in [6, 6.07) is 0. The van der Waals surface area contributed by atoms with Gasteiger partial charge in [-0.1, -0.05) is 39.5 Å². The molecule has 1 aliphatic rings. The van der Waals surface area contributed by atoms with Gasteiger partial charge < -0.3 is 19.3 Å². The molecule has 0 aromatic heterocycles. The number of hydrogen-bond acceptors (Lipinski definition) is 4. The summed E-state index contributed by atoms with van der Waals surface area (Å²) >= 11 is 0. The Morgan fingerprint density at radius 3 is 2.63 bits per heavy atom. The van der Waals surface area contributed by atoms with Crippen molar-refractivity contribution in [2.45, 2.75) is 64.3 Å². The van der Waals surface area contributed by atoms with E-state index in [1.165, 1.54) is 25.7 Å². The maximum absolute atomic E-state index is 10.1. The molecule has 1 fully saturated rings. The minimum absolute atomic E-state index is 0.146. The molecule has 1 heterocycles. The van der Waals surface area contributed by atoms with Crippen molar-refractivity contribution in [1.29, 1.82) is 0 Å². The Morgan fingerprint density at radius 2 is 1.95 bits per heavy atom. The Kier molecular flexibility index (Phi) is 8.62. The van der Waals surface area contributed by atoms with E-state index in [0.717, 1.165) is 13.0 Å². The molecular weight excluding hydrogens is 244 g/mol. The summed E-state index contributed by atoms with van der Waals surface area (Å²) in [5, 5.41) is 10.1. The quantitative estimate of drug-likeness (QED) is 0.656. The molecule has 0 unspecified atom stereocenters. The number of aliphatic hydroxyl groups is 1. The number of unbranched alkanes of at least 4 members (excludes halogenated alkanes) is 4. The molecule has 0 bridgehead atoms. The Bertz CT molecular complexity index is 222. The van der Waals surface area contributed by atoms with E-state index in [1.54, 1.807) is 7.11 Å². The first-order valence-electron chi connectivity index (χ1n) is 7.60. The molecule has 0 aromatic carbocycles. The van der Waals surface area contributed by atoms with Gasteiger partial charge in [0.2, 0.25) is 0 Å². The van der Waals surface area contributed by atoms with Crippen molar-refractivity contribution in [3.8, 4) is 0 Å². The van der Waals surface area contributed by atoms with Gasteiger partial charge in [0.15, 0.2) is 0 Å². The molecule has 4 nitrogen and oxygen atoms in total. The van der Waals surface area contributed by atoms with Crippen molar-refractivity contribution >= 4 is 0 Å². The lowest BCUT2D eigenvalue weighted by Gasteiger charge is -2.37. The molecule has 0 spiro atoms. The lowest BCUT2D eigenvalue weighted by molar-refractivity contribution is -0.185. The highest BCUT2D eigenvalue weighted by Gasteiger charge is 2.37. The van der Waals surface area contributed by atoms with Crippen LogP contribution in [0.1, 0.15) is 46.0 Å². The van der Waals surface area contributed by atoms with Gasteiger partial charge in [0.1, 0.15) is 12.2 Å². The van der Waals surface area contributed by atoms with Gasteiger partial charge in [-0.3, -0.25) is 0 Å². The summed E-state index contributed by atoms with van der Waals surface area (Å²) in [5.74, 6) is 0.227. The smallest absolute Gasteiger partial charge is 0.109 e. The largest absolute Gasteiger partial charge is 0.388 e. The van der Waals surface area contributed by atoms with Crippen molar-refractivity contribution in [1.82, 2.24) is 0 Å². The van der Waals surface area contributed by atoms with Crippen LogP contribution in [-0.4, -0.2) is 50.3 Å². The van der Waals surface area contributed by atoms with Gasteiger partial charge >= 0.3 is 0 Å². The average Bonchev–Trinajstić information content (AvgIpc) is 2.40. The second-order valence-electron chi connectivity index (χ2n) is 5.53. The molecule has 0 amide bonds. The fraction of sp³-hybridized carbons (Fsp3) is 1.00. The van der Waals surface area contributed by atoms with E-state index in [-0.39, 0.29) is 18.1 Å². The van der Waals surface area contributed by atoms with Gasteiger partial charge in [-0.05, 0) is 6.42 Å². The molecular formula is C15H30O4. The Morgan fingerprint density at radius 1 is 1.21 bits per heavy atom. The van der Waals surface area contributed by atoms with Crippen molar-refractivity contribution < 1.29 is 19.3 Å². The summed E-state index contributed by atoms with van der Waals surface area (Å²) in [6.07, 6.45) is 5.17. The second-order valence-corrected chi connectivity index (χ2v) is 5.53. The minimum atomic E-state index is -0.589. The summed E-state index contributed by atoms with van der Waals surface area (Å²) in [5.41, 5.74) is 0. The maximum atomic E-state index is 10.1. The average molecular weight is 274 g/mol. The Hall–Kier alpha value is -0.160. The molecule has 0 saturated carbocycles. The zero-order chi connectivity index (χ0) is 14.1. The van der Waals surface area contributed by atoms with Crippen LogP contribution in [0.4, 0.5) is 0 Å². The number of ether oxygens (including phenoxy) is 3. The second kappa shape index (κ2) is 9.70. The molecule has 1 N–H and O–H groups in total. The van der Waals surface area contributed by atoms with Crippen LogP contribution in [0, 0.1) is 5.92 Å². The normalized spacial score (nSPS) is 31.6. The molecule has 1 saturated heterocycles. The van der Waals surface area contributed by atoms with Crippen LogP contribution in [0.15, 0.2) is 0 Å². The van der Waals surface area contributed by atoms with Gasteiger partial charge in [-0.15, -0.1) is 0 Å². The van der Waals surface area contributed by atoms with Crippen LogP contribution >= 0.6 is 0 Å². The van der Waals surface area contributed by atoms with Crippen LogP contribution < -0.4 is 0 Å². The van der Waals surface area contributed by atoms with Crippen LogP contribution in [0.5, 0.6) is 0 Å². The van der Waals surface area contributed by atoms with Gasteiger partial charge in [0.25, 0.3) is 0 Å². The Balaban J connectivity index is 2.12. The Labute approximate surface area is 117 Å². The van der Waals surface area contributed by atoms with Crippen molar-refractivity contribution in [3.63, 3.8) is 0 Å². The molecule has 0 aromatic rings. The highest BCUT2D eigenvalue weighted by Crippen LogP contribution is 2.22. The minimum Gasteiger partial charge on any atom is -0.388 e. The van der Waals surface area contributed by atoms with E-state index >= 15 is 0 Å². The number of methoxy groups -OCH3 is 1. The predicted octanol–water partition coefficient (Wildman–Crippen LogP) is 2.38. The van der Waals surface area contributed by atoms with Crippen LogP contribution in [-0.2, 0) is 14.2 Å². The molecule has 1 rings (SSSR count). The van der Waals surface area contributed by atoms with E-state index in [0.29, 0.717) is 13.2 Å². The molecule has 4 atom stereocenters. The third kappa shape index (κ3) is 5.78. The van der Waals surface area contributed by atoms with Gasteiger partial charge in [0, 0.05) is 19.6 Å². The fourth-order valence-corrected chi connectivity index (χ4v) is 2.54. The summed E-state index contributed by atoms with van der Waals surface area (Å²) in [7, 11) is 1.64. The van der Waals surface area contributed by atoms with Crippen molar-refractivity contribution in [2.75, 3.05) is 26.9 Å². The van der Waals surface area contributed by atoms with Crippen LogP contribution in [0.3, 0.4) is 0 Å². The summed E-state index contributed by atoms with van der Waals surface area (Å²) < 4.78 is 16.6. The lowest BCUT2D eigenvalue weighted by Crippen LogP contribution is -2.51. The summed E-state index contributed by atoms with van der Waals surface area (Å²) in [4.78, 5) is 0. The van der Waals surface area contributed by atoms with E-state index in [4.69, 9.17) is 14.2 Å². The number of aliphatic hydroxyl groups excluding tert-OH is 1. The zero-order valence-corrected chi connectivity index (χ0v) is 12.6. The van der Waals surface area contributed by atoms with Gasteiger partial charge in [-0.2, -0.15) is 0 Å². The monoisotopic (exact) mass is 274 g/mol. The fourth-order valence-electron chi connectivity index (χ4n) is 2.54. The third-order valence-electron chi connectivity index (χ3n) is 3.80. The van der Waals surface area contributed by atoms with E-state index in [2.05, 4.69) is 6.92 Å². The van der Waals surface area contributed by atoms with Crippen LogP contribution in [0.25, 0.3) is 0 Å². The zero-order valence-electron chi connectivity index (χ0n) is 12.6. The topological polar surface area (TPSA) is 47.9 Å². The van der Waals surface area contributed by atoms with Gasteiger partial charge in [-0.25, -0.2) is 0 Å². The molecule has 1 aliphatic heterocycles. The maximum Gasteiger partial charge on any atom is 0.109 e. The van der Waals surface area contributed by atoms with E-state index in [9.17, 15) is 5.11 Å². The SMILES string of the molecule is CCCCCCCOC[C@@H]1OC[C@H](C)[C@H](OC)[C@H]1O. The van der Waals surface area contributed by atoms with E-state index in [1.807, 2.05) is 6.92 Å². The third-order valence-corrected chi connectivity index (χ3v) is 3.80. The predicted molar refractivity (Wildman–Crippen MR) is 75.3 cm³/mol. The molecule has 4 heteroatoms. The standard InChI is InChI=1S/C15H30O4/c1-4-5-6-7-8-9-18-11-13-14(16)15(17-3)12(2)10-19-13/h12-16H,4-11H2,1-3H3/t12-,13-,14-,15-/m0/s1. The number of rotatable bonds is 9. The highest BCUT2D eigenvalue weighted by molar-refractivity contribution is 4.85. The molecule has 19 heavy (non-hydrogen) atoms. The van der Waals surface area contributed by atoms with Crippen molar-refractivity contribution in [3.05, 3.63) is 0 Å². The van der Waals surface area contributed by atoms with Gasteiger partial charge in [0.05, 0.1) is 19.3 Å². The summed E-state index contributed by atoms with van der Waals surface area (Å²) in [6.45, 7) is 6.08. The molecule has 0 radical (unpaired) electrons. The lowest BCUT2D eigenvalue weighted by atomic mass is 9.94. The van der Waals surface area contributed by atoms with Crippen LogP contribution in [0.2, 0.25) is 0 Å². The first kappa shape index (κ1) is 16.9. The molecule has 0 aliphatic carbocycles. The first-order chi connectivity index (χ1) is 9.20. The number of hydrogen-bond donors (Lipinski definition) is 1. The van der Waals surface area contributed by atoms with Crippen molar-refractivity contribution in [2.24, 2.45) is 5.92 Å². The highest BCUT2D eigenvalue weighted by atomic mass is 16.6.